The molecule has 1 fully saturated rings. The number of aryl methyl sites for hydroxylation is 1. The van der Waals surface area contributed by atoms with Crippen molar-refractivity contribution in [2.45, 2.75) is 46.1 Å². The number of nitrogens with one attached hydrogen (secondary N) is 1. The zero-order chi connectivity index (χ0) is 19.6. The van der Waals surface area contributed by atoms with Crippen LogP contribution in [0.2, 0.25) is 0 Å². The fraction of sp³-hybridized carbons (Fsp3) is 0.800. The van der Waals surface area contributed by atoms with Crippen LogP contribution in [-0.4, -0.2) is 67.2 Å². The number of hydrogen-bond acceptors (Lipinski definition) is 4. The van der Waals surface area contributed by atoms with E-state index in [1.807, 2.05) is 11.7 Å². The van der Waals surface area contributed by atoms with Gasteiger partial charge in [0.25, 0.3) is 0 Å². The van der Waals surface area contributed by atoms with Crippen LogP contribution in [0.3, 0.4) is 0 Å². The van der Waals surface area contributed by atoms with E-state index in [9.17, 15) is 0 Å². The van der Waals surface area contributed by atoms with Crippen molar-refractivity contribution in [1.29, 1.82) is 0 Å². The van der Waals surface area contributed by atoms with Crippen molar-refractivity contribution >= 4 is 5.96 Å². The van der Waals surface area contributed by atoms with Crippen molar-refractivity contribution in [2.75, 3.05) is 46.6 Å². The van der Waals surface area contributed by atoms with Crippen molar-refractivity contribution in [3.8, 4) is 0 Å². The highest BCUT2D eigenvalue weighted by Crippen LogP contribution is 2.18. The Bertz CT molecular complexity index is 579. The van der Waals surface area contributed by atoms with E-state index in [1.54, 1.807) is 0 Å². The van der Waals surface area contributed by atoms with Gasteiger partial charge in [0.05, 0.1) is 18.9 Å². The lowest BCUT2D eigenvalue weighted by atomic mass is 10.1. The summed E-state index contributed by atoms with van der Waals surface area (Å²) in [6, 6.07) is 0. The maximum atomic E-state index is 5.77. The summed E-state index contributed by atoms with van der Waals surface area (Å²) in [5.41, 5.74) is 2.41. The maximum absolute atomic E-state index is 5.77. The summed E-state index contributed by atoms with van der Waals surface area (Å²) < 4.78 is 13.0. The Kier molecular flexibility index (Phi) is 9.07. The molecule has 1 aliphatic rings. The molecule has 0 aliphatic carbocycles. The topological polar surface area (TPSA) is 63.9 Å². The lowest BCUT2D eigenvalue weighted by Gasteiger charge is -2.22. The van der Waals surface area contributed by atoms with Gasteiger partial charge in [0.2, 0.25) is 0 Å². The molecule has 0 spiro atoms. The molecule has 1 saturated heterocycles. The van der Waals surface area contributed by atoms with Gasteiger partial charge in [-0.1, -0.05) is 13.8 Å². The number of aliphatic imine (C=N–C) groups is 1. The van der Waals surface area contributed by atoms with Crippen LogP contribution in [0.5, 0.6) is 0 Å². The lowest BCUT2D eigenvalue weighted by Crippen LogP contribution is -2.38. The van der Waals surface area contributed by atoms with Crippen LogP contribution < -0.4 is 5.32 Å². The van der Waals surface area contributed by atoms with E-state index in [1.165, 1.54) is 5.56 Å². The van der Waals surface area contributed by atoms with Gasteiger partial charge < -0.3 is 19.7 Å². The third kappa shape index (κ3) is 7.14. The minimum absolute atomic E-state index is 0.413. The normalized spacial score (nSPS) is 17.7. The van der Waals surface area contributed by atoms with Crippen molar-refractivity contribution in [3.05, 3.63) is 17.5 Å². The van der Waals surface area contributed by atoms with Gasteiger partial charge in [-0.15, -0.1) is 0 Å². The van der Waals surface area contributed by atoms with E-state index in [2.05, 4.69) is 49.3 Å². The average Bonchev–Trinajstić information content (AvgIpc) is 3.26. The van der Waals surface area contributed by atoms with Crippen LogP contribution in [0.1, 0.15) is 50.8 Å². The fourth-order valence-corrected chi connectivity index (χ4v) is 3.28. The lowest BCUT2D eigenvalue weighted by molar-refractivity contribution is 0.0893. The summed E-state index contributed by atoms with van der Waals surface area (Å²) in [6.07, 6.45) is 4.16. The number of guanidine groups is 1. The summed E-state index contributed by atoms with van der Waals surface area (Å²) in [5, 5.41) is 7.99. The predicted molar refractivity (Wildman–Crippen MR) is 109 cm³/mol. The van der Waals surface area contributed by atoms with Crippen molar-refractivity contribution in [1.82, 2.24) is 20.0 Å². The minimum Gasteiger partial charge on any atom is -0.381 e. The molecule has 2 rings (SSSR count). The quantitative estimate of drug-likeness (QED) is 0.384. The minimum atomic E-state index is 0.413. The number of ether oxygens (including phenoxy) is 2. The molecule has 0 amide bonds. The Morgan fingerprint density at radius 1 is 1.52 bits per heavy atom. The molecule has 1 N–H and O–H groups in total. The maximum Gasteiger partial charge on any atom is 0.193 e. The predicted octanol–water partition coefficient (Wildman–Crippen LogP) is 2.38. The monoisotopic (exact) mass is 379 g/mol. The van der Waals surface area contributed by atoms with Crippen molar-refractivity contribution in [2.24, 2.45) is 18.0 Å². The molecular formula is C20H37N5O2. The molecule has 0 bridgehead atoms. The summed E-state index contributed by atoms with van der Waals surface area (Å²) in [7, 11) is 4.06. The van der Waals surface area contributed by atoms with E-state index in [0.29, 0.717) is 11.8 Å². The van der Waals surface area contributed by atoms with Crippen LogP contribution in [0.15, 0.2) is 11.2 Å². The Morgan fingerprint density at radius 2 is 2.33 bits per heavy atom. The molecule has 1 unspecified atom stereocenters. The first-order valence-corrected chi connectivity index (χ1v) is 10.2. The summed E-state index contributed by atoms with van der Waals surface area (Å²) in [4.78, 5) is 6.93. The van der Waals surface area contributed by atoms with Gasteiger partial charge in [-0.25, -0.2) is 0 Å². The first-order chi connectivity index (χ1) is 13.0. The van der Waals surface area contributed by atoms with Crippen molar-refractivity contribution < 1.29 is 9.47 Å². The number of hydrogen-bond donors (Lipinski definition) is 1. The Labute approximate surface area is 164 Å². The summed E-state index contributed by atoms with van der Waals surface area (Å²) >= 11 is 0. The molecule has 0 saturated carbocycles. The molecular weight excluding hydrogens is 342 g/mol. The first kappa shape index (κ1) is 21.7. The zero-order valence-corrected chi connectivity index (χ0v) is 17.7. The number of nitrogens with zero attached hydrogens (tertiary/aromatic N) is 4. The molecule has 0 radical (unpaired) electrons. The second-order valence-electron chi connectivity index (χ2n) is 7.62. The van der Waals surface area contributed by atoms with Gasteiger partial charge in [0, 0.05) is 64.6 Å². The smallest absolute Gasteiger partial charge is 0.193 e. The highest BCUT2D eigenvalue weighted by molar-refractivity contribution is 5.79. The van der Waals surface area contributed by atoms with Gasteiger partial charge in [-0.05, 0) is 25.7 Å². The summed E-state index contributed by atoms with van der Waals surface area (Å²) in [5.74, 6) is 1.92. The molecule has 1 aromatic heterocycles. The Balaban J connectivity index is 1.80. The fourth-order valence-electron chi connectivity index (χ4n) is 3.28. The first-order valence-electron chi connectivity index (χ1n) is 10.2. The third-order valence-corrected chi connectivity index (χ3v) is 4.67. The largest absolute Gasteiger partial charge is 0.381 e. The molecule has 7 heteroatoms. The number of aromatic nitrogens is 2. The second-order valence-corrected chi connectivity index (χ2v) is 7.62. The third-order valence-electron chi connectivity index (χ3n) is 4.67. The average molecular weight is 380 g/mol. The van der Waals surface area contributed by atoms with Crippen LogP contribution in [0.4, 0.5) is 0 Å². The zero-order valence-electron chi connectivity index (χ0n) is 17.7. The van der Waals surface area contributed by atoms with E-state index in [0.717, 1.165) is 70.6 Å². The van der Waals surface area contributed by atoms with Crippen molar-refractivity contribution in [3.63, 3.8) is 0 Å². The molecule has 1 aromatic rings. The molecule has 1 aliphatic heterocycles. The summed E-state index contributed by atoms with van der Waals surface area (Å²) in [6.45, 7) is 12.2. The molecule has 27 heavy (non-hydrogen) atoms. The number of rotatable bonds is 10. The highest BCUT2D eigenvalue weighted by Gasteiger charge is 2.16. The van der Waals surface area contributed by atoms with E-state index in [4.69, 9.17) is 14.5 Å². The van der Waals surface area contributed by atoms with Crippen LogP contribution in [0.25, 0.3) is 0 Å². The van der Waals surface area contributed by atoms with Gasteiger partial charge in [0.1, 0.15) is 0 Å². The highest BCUT2D eigenvalue weighted by atomic mass is 16.5. The molecule has 154 valence electrons. The van der Waals surface area contributed by atoms with Gasteiger partial charge in [0.15, 0.2) is 5.96 Å². The van der Waals surface area contributed by atoms with E-state index in [-0.39, 0.29) is 0 Å². The van der Waals surface area contributed by atoms with Crippen LogP contribution >= 0.6 is 0 Å². The molecule has 7 nitrogen and oxygen atoms in total. The van der Waals surface area contributed by atoms with Gasteiger partial charge >= 0.3 is 0 Å². The second kappa shape index (κ2) is 11.3. The van der Waals surface area contributed by atoms with E-state index < -0.39 is 0 Å². The molecule has 0 aromatic carbocycles. The Hall–Kier alpha value is -1.60. The Morgan fingerprint density at radius 3 is 3.00 bits per heavy atom. The van der Waals surface area contributed by atoms with Crippen LogP contribution in [-0.2, 0) is 23.1 Å². The molecule has 2 heterocycles. The SMILES string of the molecule is CCNC(=NCCCOCC1CCOC1)N(C)Cc1cn(C)nc1C(C)C. The van der Waals surface area contributed by atoms with Gasteiger partial charge in [-0.2, -0.15) is 5.10 Å². The van der Waals surface area contributed by atoms with Crippen LogP contribution in [0, 0.1) is 5.92 Å². The van der Waals surface area contributed by atoms with E-state index >= 15 is 0 Å². The standard InChI is InChI=1S/C20H37N5O2/c1-6-21-20(22-9-7-10-26-14-17-8-11-27-15-17)24(4)12-18-13-25(5)23-19(18)16(2)3/h13,16-17H,6-12,14-15H2,1-5H3,(H,21,22). The van der Waals surface area contributed by atoms with Gasteiger partial charge in [-0.3, -0.25) is 9.67 Å². The molecule has 1 atom stereocenters.